The van der Waals surface area contributed by atoms with Gasteiger partial charge < -0.3 is 25.4 Å². The fourth-order valence-corrected chi connectivity index (χ4v) is 4.90. The van der Waals surface area contributed by atoms with Crippen LogP contribution in [0.3, 0.4) is 0 Å². The molecule has 1 fully saturated rings. The molecule has 2 atom stereocenters. The van der Waals surface area contributed by atoms with Crippen LogP contribution in [0, 0.1) is 0 Å². The summed E-state index contributed by atoms with van der Waals surface area (Å²) in [6, 6.07) is 21.9. The summed E-state index contributed by atoms with van der Waals surface area (Å²) in [6.45, 7) is 5.24. The number of nitrogens with one attached hydrogen (secondary N) is 2. The third kappa shape index (κ3) is 8.30. The molecule has 4 rings (SSSR count). The molecular weight excluding hydrogens is 514 g/mol. The topological polar surface area (TPSA) is 90.9 Å². The van der Waals surface area contributed by atoms with E-state index in [1.165, 1.54) is 0 Å². The first-order valence-corrected chi connectivity index (χ1v) is 13.8. The SMILES string of the molecule is CC(C)Oc1cc(C(=O)N[C@@H](Cc2ccccc2)[C@H](O)CNCc2cccc(Cl)c2)cc(N2CCCC2=O)c1. The van der Waals surface area contributed by atoms with Crippen LogP contribution >= 0.6 is 11.6 Å². The van der Waals surface area contributed by atoms with Crippen LogP contribution in [-0.4, -0.2) is 48.3 Å². The zero-order valence-electron chi connectivity index (χ0n) is 22.4. The highest BCUT2D eigenvalue weighted by atomic mass is 35.5. The molecule has 3 aromatic rings. The molecule has 3 N–H and O–H groups in total. The largest absolute Gasteiger partial charge is 0.491 e. The molecule has 39 heavy (non-hydrogen) atoms. The van der Waals surface area contributed by atoms with E-state index in [-0.39, 0.29) is 24.5 Å². The zero-order chi connectivity index (χ0) is 27.8. The number of rotatable bonds is 12. The average Bonchev–Trinajstić information content (AvgIpc) is 3.34. The van der Waals surface area contributed by atoms with E-state index in [1.807, 2.05) is 68.4 Å². The maximum atomic E-state index is 13.6. The summed E-state index contributed by atoms with van der Waals surface area (Å²) in [5, 5.41) is 18.1. The summed E-state index contributed by atoms with van der Waals surface area (Å²) in [5.41, 5.74) is 3.02. The van der Waals surface area contributed by atoms with Crippen molar-refractivity contribution in [2.75, 3.05) is 18.0 Å². The molecule has 0 aliphatic carbocycles. The number of anilines is 1. The number of carbonyl (C=O) groups is 2. The molecule has 206 valence electrons. The Balaban J connectivity index is 1.52. The number of ether oxygens (including phenoxy) is 1. The van der Waals surface area contributed by atoms with Gasteiger partial charge in [-0.2, -0.15) is 0 Å². The Morgan fingerprint density at radius 3 is 2.51 bits per heavy atom. The fourth-order valence-electron chi connectivity index (χ4n) is 4.69. The van der Waals surface area contributed by atoms with Crippen LogP contribution in [0.25, 0.3) is 0 Å². The number of aliphatic hydroxyl groups excluding tert-OH is 1. The van der Waals surface area contributed by atoms with E-state index in [4.69, 9.17) is 16.3 Å². The molecule has 3 aromatic carbocycles. The summed E-state index contributed by atoms with van der Waals surface area (Å²) in [6.07, 6.45) is 0.770. The number of halogens is 1. The molecule has 2 amide bonds. The van der Waals surface area contributed by atoms with Gasteiger partial charge in [-0.3, -0.25) is 9.59 Å². The van der Waals surface area contributed by atoms with E-state index in [9.17, 15) is 14.7 Å². The Morgan fingerprint density at radius 2 is 1.82 bits per heavy atom. The number of benzene rings is 3. The predicted octanol–water partition coefficient (Wildman–Crippen LogP) is 4.75. The predicted molar refractivity (Wildman–Crippen MR) is 154 cm³/mol. The van der Waals surface area contributed by atoms with E-state index in [0.29, 0.717) is 48.0 Å². The van der Waals surface area contributed by atoms with Crippen LogP contribution in [0.1, 0.15) is 48.2 Å². The van der Waals surface area contributed by atoms with E-state index in [1.54, 1.807) is 23.1 Å². The Hall–Kier alpha value is -3.39. The Kier molecular flexibility index (Phi) is 9.98. The molecule has 0 spiro atoms. The third-order valence-electron chi connectivity index (χ3n) is 6.56. The second-order valence-electron chi connectivity index (χ2n) is 10.1. The van der Waals surface area contributed by atoms with Crippen molar-refractivity contribution >= 4 is 29.1 Å². The monoisotopic (exact) mass is 549 g/mol. The minimum atomic E-state index is -0.858. The lowest BCUT2D eigenvalue weighted by atomic mass is 10.00. The second-order valence-corrected chi connectivity index (χ2v) is 10.6. The van der Waals surface area contributed by atoms with Crippen molar-refractivity contribution < 1.29 is 19.4 Å². The minimum absolute atomic E-state index is 0.0335. The van der Waals surface area contributed by atoms with Gasteiger partial charge in [0, 0.05) is 48.4 Å². The highest BCUT2D eigenvalue weighted by molar-refractivity contribution is 6.30. The van der Waals surface area contributed by atoms with Crippen molar-refractivity contribution in [3.63, 3.8) is 0 Å². The van der Waals surface area contributed by atoms with Crippen LogP contribution in [0.15, 0.2) is 72.8 Å². The molecule has 0 aromatic heterocycles. The first kappa shape index (κ1) is 28.6. The smallest absolute Gasteiger partial charge is 0.251 e. The molecule has 0 unspecified atom stereocenters. The Morgan fingerprint density at radius 1 is 1.05 bits per heavy atom. The zero-order valence-corrected chi connectivity index (χ0v) is 23.2. The van der Waals surface area contributed by atoms with Gasteiger partial charge in [0.05, 0.1) is 18.2 Å². The number of amides is 2. The lowest BCUT2D eigenvalue weighted by Gasteiger charge is -2.26. The third-order valence-corrected chi connectivity index (χ3v) is 6.80. The van der Waals surface area contributed by atoms with Gasteiger partial charge in [0.2, 0.25) is 5.91 Å². The van der Waals surface area contributed by atoms with Gasteiger partial charge >= 0.3 is 0 Å². The number of nitrogens with zero attached hydrogens (tertiary/aromatic N) is 1. The highest BCUT2D eigenvalue weighted by Gasteiger charge is 2.26. The molecule has 1 saturated heterocycles. The first-order chi connectivity index (χ1) is 18.8. The lowest BCUT2D eigenvalue weighted by molar-refractivity contribution is -0.117. The molecule has 7 nitrogen and oxygen atoms in total. The maximum Gasteiger partial charge on any atom is 0.251 e. The Labute approximate surface area is 235 Å². The Bertz CT molecular complexity index is 1270. The lowest BCUT2D eigenvalue weighted by Crippen LogP contribution is -2.48. The number of hydrogen-bond donors (Lipinski definition) is 3. The van der Waals surface area contributed by atoms with Crippen LogP contribution in [0.2, 0.25) is 5.02 Å². The van der Waals surface area contributed by atoms with Gasteiger partial charge in [0.1, 0.15) is 5.75 Å². The van der Waals surface area contributed by atoms with Crippen molar-refractivity contribution in [2.45, 2.75) is 57.9 Å². The van der Waals surface area contributed by atoms with Gasteiger partial charge in [-0.05, 0) is 62.1 Å². The van der Waals surface area contributed by atoms with E-state index < -0.39 is 12.1 Å². The summed E-state index contributed by atoms with van der Waals surface area (Å²) >= 11 is 6.09. The molecule has 1 aliphatic rings. The van der Waals surface area contributed by atoms with Crippen LogP contribution in [0.4, 0.5) is 5.69 Å². The number of aliphatic hydroxyl groups is 1. The van der Waals surface area contributed by atoms with Crippen molar-refractivity contribution in [1.29, 1.82) is 0 Å². The highest BCUT2D eigenvalue weighted by Crippen LogP contribution is 2.28. The second kappa shape index (κ2) is 13.6. The number of carbonyl (C=O) groups excluding carboxylic acids is 2. The standard InChI is InChI=1S/C31H36ClN3O4/c1-21(2)39-27-17-24(16-26(18-27)35-13-7-12-30(35)37)31(38)34-28(15-22-8-4-3-5-9-22)29(36)20-33-19-23-10-6-11-25(32)14-23/h3-6,8-11,14,16-18,21,28-29,33,36H,7,12-13,15,19-20H2,1-2H3,(H,34,38)/t28-,29+/m0/s1. The van der Waals surface area contributed by atoms with Crippen molar-refractivity contribution in [3.05, 3.63) is 94.5 Å². The van der Waals surface area contributed by atoms with Crippen LogP contribution < -0.4 is 20.3 Å². The van der Waals surface area contributed by atoms with Gasteiger partial charge in [-0.15, -0.1) is 0 Å². The van der Waals surface area contributed by atoms with Crippen molar-refractivity contribution in [3.8, 4) is 5.75 Å². The van der Waals surface area contributed by atoms with Gasteiger partial charge in [-0.25, -0.2) is 0 Å². The van der Waals surface area contributed by atoms with Crippen LogP contribution in [-0.2, 0) is 17.8 Å². The van der Waals surface area contributed by atoms with E-state index in [2.05, 4.69) is 10.6 Å². The summed E-state index contributed by atoms with van der Waals surface area (Å²) in [5.74, 6) is 0.217. The maximum absolute atomic E-state index is 13.6. The molecular formula is C31H36ClN3O4. The summed E-state index contributed by atoms with van der Waals surface area (Å²) < 4.78 is 5.91. The molecule has 0 saturated carbocycles. The molecule has 1 aliphatic heterocycles. The van der Waals surface area contributed by atoms with Gasteiger partial charge in [0.25, 0.3) is 5.91 Å². The average molecular weight is 550 g/mol. The van der Waals surface area contributed by atoms with Crippen molar-refractivity contribution in [1.82, 2.24) is 10.6 Å². The minimum Gasteiger partial charge on any atom is -0.491 e. The van der Waals surface area contributed by atoms with E-state index >= 15 is 0 Å². The molecule has 0 bridgehead atoms. The van der Waals surface area contributed by atoms with Crippen molar-refractivity contribution in [2.24, 2.45) is 0 Å². The van der Waals surface area contributed by atoms with Crippen LogP contribution in [0.5, 0.6) is 5.75 Å². The first-order valence-electron chi connectivity index (χ1n) is 13.4. The quantitative estimate of drug-likeness (QED) is 0.303. The fraction of sp³-hybridized carbons (Fsp3) is 0.355. The molecule has 8 heteroatoms. The summed E-state index contributed by atoms with van der Waals surface area (Å²) in [7, 11) is 0. The normalized spacial score (nSPS) is 14.9. The van der Waals surface area contributed by atoms with E-state index in [0.717, 1.165) is 17.5 Å². The molecule has 1 heterocycles. The molecule has 0 radical (unpaired) electrons. The van der Waals surface area contributed by atoms with Gasteiger partial charge in [0.15, 0.2) is 0 Å². The van der Waals surface area contributed by atoms with Gasteiger partial charge in [-0.1, -0.05) is 54.1 Å². The summed E-state index contributed by atoms with van der Waals surface area (Å²) in [4.78, 5) is 27.7. The number of hydrogen-bond acceptors (Lipinski definition) is 5.